The summed E-state index contributed by atoms with van der Waals surface area (Å²) >= 11 is 2.97. The summed E-state index contributed by atoms with van der Waals surface area (Å²) in [4.78, 5) is 16.8. The highest BCUT2D eigenvalue weighted by atomic mass is 32.2. The number of thiazole rings is 1. The number of aromatic nitrogens is 4. The van der Waals surface area contributed by atoms with E-state index in [9.17, 15) is 4.79 Å². The van der Waals surface area contributed by atoms with E-state index in [0.717, 1.165) is 26.6 Å². The van der Waals surface area contributed by atoms with E-state index >= 15 is 0 Å². The van der Waals surface area contributed by atoms with Gasteiger partial charge in [0.05, 0.1) is 21.0 Å². The molecule has 27 heavy (non-hydrogen) atoms. The van der Waals surface area contributed by atoms with Gasteiger partial charge in [0.1, 0.15) is 6.33 Å². The fourth-order valence-electron chi connectivity index (χ4n) is 2.65. The second-order valence-corrected chi connectivity index (χ2v) is 8.25. The maximum Gasteiger partial charge on any atom is 0.234 e. The SMILES string of the molecule is Cc1ccc(-n2cnnc2SCC(=O)Nc2ccc3nc(C)sc3c2)cc1. The van der Waals surface area contributed by atoms with Crippen LogP contribution in [0.1, 0.15) is 10.6 Å². The van der Waals surface area contributed by atoms with Crippen molar-refractivity contribution in [3.63, 3.8) is 0 Å². The van der Waals surface area contributed by atoms with Gasteiger partial charge in [-0.15, -0.1) is 21.5 Å². The Balaban J connectivity index is 1.42. The summed E-state index contributed by atoms with van der Waals surface area (Å²) < 4.78 is 2.95. The number of nitrogens with zero attached hydrogens (tertiary/aromatic N) is 4. The van der Waals surface area contributed by atoms with Crippen molar-refractivity contribution in [3.8, 4) is 5.69 Å². The van der Waals surface area contributed by atoms with Crippen LogP contribution in [0.5, 0.6) is 0 Å². The van der Waals surface area contributed by atoms with Gasteiger partial charge in [-0.25, -0.2) is 4.98 Å². The lowest BCUT2D eigenvalue weighted by molar-refractivity contribution is -0.113. The molecule has 0 aliphatic carbocycles. The molecule has 0 atom stereocenters. The number of aryl methyl sites for hydroxylation is 2. The van der Waals surface area contributed by atoms with E-state index in [2.05, 4.69) is 20.5 Å². The number of hydrogen-bond acceptors (Lipinski definition) is 6. The molecule has 0 unspecified atom stereocenters. The van der Waals surface area contributed by atoms with E-state index in [-0.39, 0.29) is 11.7 Å². The molecule has 0 aliphatic rings. The first-order valence-electron chi connectivity index (χ1n) is 8.35. The number of benzene rings is 2. The molecule has 1 amide bonds. The van der Waals surface area contributed by atoms with Crippen molar-refractivity contribution in [3.05, 3.63) is 59.4 Å². The van der Waals surface area contributed by atoms with Crippen LogP contribution in [-0.2, 0) is 4.79 Å². The molecule has 0 saturated heterocycles. The highest BCUT2D eigenvalue weighted by Gasteiger charge is 2.11. The highest BCUT2D eigenvalue weighted by molar-refractivity contribution is 7.99. The van der Waals surface area contributed by atoms with Crippen molar-refractivity contribution < 1.29 is 4.79 Å². The molecule has 4 rings (SSSR count). The second-order valence-electron chi connectivity index (χ2n) is 6.07. The molecule has 1 N–H and O–H groups in total. The first kappa shape index (κ1) is 17.7. The van der Waals surface area contributed by atoms with Crippen LogP contribution in [0.2, 0.25) is 0 Å². The van der Waals surface area contributed by atoms with E-state index < -0.39 is 0 Å². The quantitative estimate of drug-likeness (QED) is 0.512. The van der Waals surface area contributed by atoms with Gasteiger partial charge in [-0.05, 0) is 44.2 Å². The van der Waals surface area contributed by atoms with Crippen molar-refractivity contribution in [1.29, 1.82) is 0 Å². The fraction of sp³-hybridized carbons (Fsp3) is 0.158. The van der Waals surface area contributed by atoms with Gasteiger partial charge < -0.3 is 5.32 Å². The number of rotatable bonds is 5. The Labute approximate surface area is 164 Å². The van der Waals surface area contributed by atoms with Crippen molar-refractivity contribution in [2.75, 3.05) is 11.1 Å². The molecule has 8 heteroatoms. The number of anilines is 1. The minimum Gasteiger partial charge on any atom is -0.325 e. The smallest absolute Gasteiger partial charge is 0.234 e. The number of fused-ring (bicyclic) bond motifs is 1. The Bertz CT molecular complexity index is 1100. The van der Waals surface area contributed by atoms with Gasteiger partial charge in [0, 0.05) is 11.4 Å². The second kappa shape index (κ2) is 7.50. The summed E-state index contributed by atoms with van der Waals surface area (Å²) in [5.41, 5.74) is 3.89. The average molecular weight is 396 g/mol. The first-order valence-corrected chi connectivity index (χ1v) is 10.2. The lowest BCUT2D eigenvalue weighted by atomic mass is 10.2. The Hall–Kier alpha value is -2.71. The summed E-state index contributed by atoms with van der Waals surface area (Å²) in [6, 6.07) is 13.8. The van der Waals surface area contributed by atoms with Crippen LogP contribution in [0.15, 0.2) is 53.9 Å². The maximum atomic E-state index is 12.3. The molecule has 0 aliphatic heterocycles. The van der Waals surface area contributed by atoms with Crippen LogP contribution in [0.25, 0.3) is 15.9 Å². The summed E-state index contributed by atoms with van der Waals surface area (Å²) in [6.07, 6.45) is 1.66. The highest BCUT2D eigenvalue weighted by Crippen LogP contribution is 2.25. The molecule has 4 aromatic rings. The average Bonchev–Trinajstić information content (AvgIpc) is 3.25. The predicted octanol–water partition coefficient (Wildman–Crippen LogP) is 4.22. The summed E-state index contributed by atoms with van der Waals surface area (Å²) in [7, 11) is 0. The molecule has 6 nitrogen and oxygen atoms in total. The molecule has 136 valence electrons. The molecule has 0 bridgehead atoms. The summed E-state index contributed by atoms with van der Waals surface area (Å²) in [5.74, 6) is 0.170. The zero-order chi connectivity index (χ0) is 18.8. The first-order chi connectivity index (χ1) is 13.1. The van der Waals surface area contributed by atoms with Crippen LogP contribution < -0.4 is 5.32 Å². The molecule has 0 spiro atoms. The number of amides is 1. The van der Waals surface area contributed by atoms with E-state index in [0.29, 0.717) is 5.16 Å². The molecule has 2 heterocycles. The number of hydrogen-bond donors (Lipinski definition) is 1. The van der Waals surface area contributed by atoms with Crippen molar-refractivity contribution in [2.45, 2.75) is 19.0 Å². The predicted molar refractivity (Wildman–Crippen MR) is 110 cm³/mol. The summed E-state index contributed by atoms with van der Waals surface area (Å²) in [5, 5.41) is 12.7. The van der Waals surface area contributed by atoms with E-state index in [1.54, 1.807) is 17.7 Å². The normalized spacial score (nSPS) is 11.0. The summed E-state index contributed by atoms with van der Waals surface area (Å²) in [6.45, 7) is 4.02. The molecule has 0 saturated carbocycles. The van der Waals surface area contributed by atoms with Crippen LogP contribution in [0, 0.1) is 13.8 Å². The van der Waals surface area contributed by atoms with Gasteiger partial charge in [-0.1, -0.05) is 29.5 Å². The Kier molecular flexibility index (Phi) is 4.91. The van der Waals surface area contributed by atoms with E-state index in [4.69, 9.17) is 0 Å². The van der Waals surface area contributed by atoms with Gasteiger partial charge in [0.2, 0.25) is 5.91 Å². The standard InChI is InChI=1S/C19H17N5OS2/c1-12-3-6-15(7-4-12)24-11-20-23-19(24)26-10-18(25)22-14-5-8-16-17(9-14)27-13(2)21-16/h3-9,11H,10H2,1-2H3,(H,22,25). The minimum absolute atomic E-state index is 0.0842. The zero-order valence-corrected chi connectivity index (χ0v) is 16.5. The van der Waals surface area contributed by atoms with Crippen LogP contribution in [-0.4, -0.2) is 31.4 Å². The van der Waals surface area contributed by atoms with Crippen molar-refractivity contribution >= 4 is 44.9 Å². The maximum absolute atomic E-state index is 12.3. The van der Waals surface area contributed by atoms with Crippen LogP contribution >= 0.6 is 23.1 Å². The Morgan fingerprint density at radius 1 is 1.19 bits per heavy atom. The topological polar surface area (TPSA) is 72.7 Å². The van der Waals surface area contributed by atoms with E-state index in [1.807, 2.05) is 60.9 Å². The third kappa shape index (κ3) is 4.01. The van der Waals surface area contributed by atoms with Crippen molar-refractivity contribution in [1.82, 2.24) is 19.7 Å². The number of nitrogens with one attached hydrogen (secondary N) is 1. The molecule has 0 fully saturated rings. The molecular weight excluding hydrogens is 378 g/mol. The number of thioether (sulfide) groups is 1. The Morgan fingerprint density at radius 3 is 2.81 bits per heavy atom. The number of carbonyl (C=O) groups excluding carboxylic acids is 1. The number of carbonyl (C=O) groups is 1. The zero-order valence-electron chi connectivity index (χ0n) is 14.8. The fourth-order valence-corrected chi connectivity index (χ4v) is 4.25. The lowest BCUT2D eigenvalue weighted by Crippen LogP contribution is -2.14. The van der Waals surface area contributed by atoms with Gasteiger partial charge >= 0.3 is 0 Å². The van der Waals surface area contributed by atoms with Crippen molar-refractivity contribution in [2.24, 2.45) is 0 Å². The molecule has 2 aromatic carbocycles. The van der Waals surface area contributed by atoms with Gasteiger partial charge in [-0.2, -0.15) is 0 Å². The van der Waals surface area contributed by atoms with Gasteiger partial charge in [0.25, 0.3) is 0 Å². The third-order valence-electron chi connectivity index (χ3n) is 3.94. The van der Waals surface area contributed by atoms with E-state index in [1.165, 1.54) is 17.3 Å². The monoisotopic (exact) mass is 395 g/mol. The lowest BCUT2D eigenvalue weighted by Gasteiger charge is -2.07. The van der Waals surface area contributed by atoms with Crippen LogP contribution in [0.4, 0.5) is 5.69 Å². The molecule has 2 aromatic heterocycles. The molecule has 0 radical (unpaired) electrons. The largest absolute Gasteiger partial charge is 0.325 e. The van der Waals surface area contributed by atoms with Crippen LogP contribution in [0.3, 0.4) is 0 Å². The van der Waals surface area contributed by atoms with Gasteiger partial charge in [-0.3, -0.25) is 9.36 Å². The van der Waals surface area contributed by atoms with Gasteiger partial charge in [0.15, 0.2) is 5.16 Å². The minimum atomic E-state index is -0.0842. The third-order valence-corrected chi connectivity index (χ3v) is 5.82. The molecular formula is C19H17N5OS2. The Morgan fingerprint density at radius 2 is 2.00 bits per heavy atom.